The van der Waals surface area contributed by atoms with Gasteiger partial charge in [0.2, 0.25) is 0 Å². The molecule has 0 saturated carbocycles. The number of carbonyl (C=O) groups is 1. The molecule has 1 aromatic carbocycles. The Kier molecular flexibility index (Phi) is 10.6. The summed E-state index contributed by atoms with van der Waals surface area (Å²) < 4.78 is 11.8. The molecule has 1 heterocycles. The van der Waals surface area contributed by atoms with Gasteiger partial charge in [-0.05, 0) is 80.5 Å². The summed E-state index contributed by atoms with van der Waals surface area (Å²) in [6.45, 7) is 15.3. The maximum atomic E-state index is 11.3. The topological polar surface area (TPSA) is 35.5 Å². The molecule has 0 fully saturated rings. The first-order chi connectivity index (χ1) is 15.1. The summed E-state index contributed by atoms with van der Waals surface area (Å²) in [6, 6.07) is 3.88. The molecule has 3 heteroatoms. The Morgan fingerprint density at radius 3 is 2.19 bits per heavy atom. The first-order valence-electron chi connectivity index (χ1n) is 13.1. The average molecular weight is 445 g/mol. The van der Waals surface area contributed by atoms with Gasteiger partial charge in [-0.2, -0.15) is 0 Å². The van der Waals surface area contributed by atoms with Crippen LogP contribution in [0.1, 0.15) is 117 Å². The number of aryl methyl sites for hydroxylation is 2. The van der Waals surface area contributed by atoms with Gasteiger partial charge in [0.15, 0.2) is 0 Å². The van der Waals surface area contributed by atoms with E-state index in [-0.39, 0.29) is 11.6 Å². The fourth-order valence-corrected chi connectivity index (χ4v) is 5.04. The van der Waals surface area contributed by atoms with Crippen molar-refractivity contribution in [2.24, 2.45) is 17.8 Å². The summed E-state index contributed by atoms with van der Waals surface area (Å²) >= 11 is 0. The van der Waals surface area contributed by atoms with Crippen molar-refractivity contribution in [1.82, 2.24) is 0 Å². The second kappa shape index (κ2) is 12.7. The molecule has 0 saturated heterocycles. The molecule has 182 valence electrons. The van der Waals surface area contributed by atoms with Crippen LogP contribution in [0, 0.1) is 24.7 Å². The van der Waals surface area contributed by atoms with Crippen molar-refractivity contribution in [3.8, 4) is 11.5 Å². The smallest absolute Gasteiger partial charge is 0.308 e. The fraction of sp³-hybridized carbons (Fsp3) is 0.759. The lowest BCUT2D eigenvalue weighted by molar-refractivity contribution is -0.131. The lowest BCUT2D eigenvalue weighted by Gasteiger charge is -2.37. The van der Waals surface area contributed by atoms with E-state index in [9.17, 15) is 4.79 Å². The highest BCUT2D eigenvalue weighted by molar-refractivity contribution is 5.69. The molecule has 1 aliphatic rings. The van der Waals surface area contributed by atoms with Gasteiger partial charge in [-0.3, -0.25) is 4.79 Å². The second-order valence-corrected chi connectivity index (χ2v) is 11.2. The van der Waals surface area contributed by atoms with E-state index in [4.69, 9.17) is 9.47 Å². The van der Waals surface area contributed by atoms with Crippen molar-refractivity contribution in [3.63, 3.8) is 0 Å². The Hall–Kier alpha value is -1.51. The van der Waals surface area contributed by atoms with E-state index >= 15 is 0 Å². The molecule has 32 heavy (non-hydrogen) atoms. The second-order valence-electron chi connectivity index (χ2n) is 11.2. The Morgan fingerprint density at radius 1 is 1.00 bits per heavy atom. The van der Waals surface area contributed by atoms with Crippen LogP contribution in [-0.4, -0.2) is 11.6 Å². The normalized spacial score (nSPS) is 19.9. The van der Waals surface area contributed by atoms with Gasteiger partial charge in [0.05, 0.1) is 0 Å². The molecule has 0 amide bonds. The van der Waals surface area contributed by atoms with Crippen LogP contribution in [0.2, 0.25) is 0 Å². The van der Waals surface area contributed by atoms with E-state index in [2.05, 4.69) is 34.6 Å². The number of ether oxygens (including phenoxy) is 2. The van der Waals surface area contributed by atoms with Crippen LogP contribution in [-0.2, 0) is 11.2 Å². The van der Waals surface area contributed by atoms with Crippen molar-refractivity contribution < 1.29 is 14.3 Å². The van der Waals surface area contributed by atoms with Crippen LogP contribution in [0.4, 0.5) is 0 Å². The minimum absolute atomic E-state index is 0.0919. The number of rotatable bonds is 13. The Bertz CT molecular complexity index is 723. The van der Waals surface area contributed by atoms with Crippen LogP contribution in [0.3, 0.4) is 0 Å². The standard InChI is InChI=1S/C29H48O3/c1-21(2)11-8-12-22(3)13-9-14-23(4)15-10-17-29(7)18-16-26-20-27(31-25(6)30)19-24(5)28(26)32-29/h19-23H,8-18H2,1-7H3/t22-,23+,29-/m1/s1. The largest absolute Gasteiger partial charge is 0.487 e. The third-order valence-corrected chi connectivity index (χ3v) is 7.13. The molecule has 0 aromatic heterocycles. The Labute approximate surface area is 197 Å². The zero-order valence-corrected chi connectivity index (χ0v) is 21.9. The Balaban J connectivity index is 1.71. The maximum Gasteiger partial charge on any atom is 0.308 e. The van der Waals surface area contributed by atoms with Gasteiger partial charge < -0.3 is 9.47 Å². The van der Waals surface area contributed by atoms with Crippen LogP contribution in [0.25, 0.3) is 0 Å². The molecule has 1 aromatic rings. The molecule has 0 aliphatic carbocycles. The zero-order valence-electron chi connectivity index (χ0n) is 21.9. The van der Waals surface area contributed by atoms with Gasteiger partial charge in [0.25, 0.3) is 0 Å². The number of esters is 1. The molecule has 0 radical (unpaired) electrons. The Morgan fingerprint density at radius 2 is 1.59 bits per heavy atom. The first-order valence-corrected chi connectivity index (χ1v) is 13.1. The molecular weight excluding hydrogens is 396 g/mol. The number of hydrogen-bond donors (Lipinski definition) is 0. The maximum absolute atomic E-state index is 11.3. The molecule has 0 N–H and O–H groups in total. The van der Waals surface area contributed by atoms with Gasteiger partial charge in [0, 0.05) is 6.92 Å². The number of carbonyl (C=O) groups excluding carboxylic acids is 1. The minimum Gasteiger partial charge on any atom is -0.487 e. The van der Waals surface area contributed by atoms with Crippen LogP contribution >= 0.6 is 0 Å². The fourth-order valence-electron chi connectivity index (χ4n) is 5.04. The highest BCUT2D eigenvalue weighted by Crippen LogP contribution is 2.40. The molecule has 0 spiro atoms. The van der Waals surface area contributed by atoms with Gasteiger partial charge in [-0.15, -0.1) is 0 Å². The van der Waals surface area contributed by atoms with Crippen molar-refractivity contribution in [1.29, 1.82) is 0 Å². The summed E-state index contributed by atoms with van der Waals surface area (Å²) in [4.78, 5) is 11.3. The quantitative estimate of drug-likeness (QED) is 0.226. The summed E-state index contributed by atoms with van der Waals surface area (Å²) in [5.74, 6) is 3.86. The zero-order chi connectivity index (χ0) is 23.7. The first kappa shape index (κ1) is 26.7. The molecular formula is C29H48O3. The minimum atomic E-state index is -0.277. The molecule has 2 rings (SSSR count). The third-order valence-electron chi connectivity index (χ3n) is 7.13. The predicted molar refractivity (Wildman–Crippen MR) is 135 cm³/mol. The molecule has 0 unspecified atom stereocenters. The summed E-state index contributed by atoms with van der Waals surface area (Å²) in [7, 11) is 0. The SMILES string of the molecule is CC(=O)Oc1cc(C)c2c(c1)CC[C@@](C)(CCC[C@@H](C)CCC[C@H](C)CCCC(C)C)O2. The van der Waals surface area contributed by atoms with Crippen LogP contribution in [0.5, 0.6) is 11.5 Å². The molecule has 3 atom stereocenters. The van der Waals surface area contributed by atoms with E-state index in [1.807, 2.05) is 19.1 Å². The summed E-state index contributed by atoms with van der Waals surface area (Å²) in [6.07, 6.45) is 13.9. The highest BCUT2D eigenvalue weighted by Gasteiger charge is 2.32. The van der Waals surface area contributed by atoms with Crippen LogP contribution in [0.15, 0.2) is 12.1 Å². The number of fused-ring (bicyclic) bond motifs is 1. The lowest BCUT2D eigenvalue weighted by Crippen LogP contribution is -2.36. The van der Waals surface area contributed by atoms with Gasteiger partial charge >= 0.3 is 5.97 Å². The van der Waals surface area contributed by atoms with Gasteiger partial charge in [0.1, 0.15) is 17.1 Å². The van der Waals surface area contributed by atoms with E-state index in [0.717, 1.165) is 53.9 Å². The summed E-state index contributed by atoms with van der Waals surface area (Å²) in [5, 5.41) is 0. The van der Waals surface area contributed by atoms with Gasteiger partial charge in [-0.25, -0.2) is 0 Å². The number of hydrogen-bond acceptors (Lipinski definition) is 3. The molecule has 3 nitrogen and oxygen atoms in total. The van der Waals surface area contributed by atoms with E-state index < -0.39 is 0 Å². The van der Waals surface area contributed by atoms with E-state index in [1.165, 1.54) is 58.3 Å². The van der Waals surface area contributed by atoms with Crippen molar-refractivity contribution >= 4 is 5.97 Å². The van der Waals surface area contributed by atoms with Crippen molar-refractivity contribution in [2.45, 2.75) is 125 Å². The average Bonchev–Trinajstić information content (AvgIpc) is 2.68. The number of benzene rings is 1. The summed E-state index contributed by atoms with van der Waals surface area (Å²) in [5.41, 5.74) is 2.13. The van der Waals surface area contributed by atoms with E-state index in [1.54, 1.807) is 0 Å². The highest BCUT2D eigenvalue weighted by atomic mass is 16.5. The predicted octanol–water partition coefficient (Wildman–Crippen LogP) is 8.44. The molecule has 0 bridgehead atoms. The lowest BCUT2D eigenvalue weighted by atomic mass is 9.85. The van der Waals surface area contributed by atoms with Gasteiger partial charge in [-0.1, -0.05) is 72.6 Å². The van der Waals surface area contributed by atoms with Crippen molar-refractivity contribution in [3.05, 3.63) is 23.3 Å². The van der Waals surface area contributed by atoms with E-state index in [0.29, 0.717) is 5.75 Å². The monoisotopic (exact) mass is 444 g/mol. The van der Waals surface area contributed by atoms with Crippen LogP contribution < -0.4 is 9.47 Å². The van der Waals surface area contributed by atoms with Crippen molar-refractivity contribution in [2.75, 3.05) is 0 Å². The third kappa shape index (κ3) is 9.16. The molecule has 1 aliphatic heterocycles.